The number of carboxylic acids is 1. The first-order valence-electron chi connectivity index (χ1n) is 11.4. The van der Waals surface area contributed by atoms with Crippen molar-refractivity contribution in [2.24, 2.45) is 27.9 Å². The van der Waals surface area contributed by atoms with Crippen molar-refractivity contribution in [2.75, 3.05) is 26.2 Å². The minimum Gasteiger partial charge on any atom is -0.480 e. The number of aliphatic hydroxyl groups is 1. The molecule has 1 aliphatic rings. The molecule has 1 rings (SSSR count). The number of carboxylic acid groups (broad SMARTS) is 1. The molecule has 0 aliphatic carbocycles. The Morgan fingerprint density at radius 3 is 2.32 bits per heavy atom. The number of unbranched alkanes of at least 4 members (excludes halogenated alkanes) is 1. The summed E-state index contributed by atoms with van der Waals surface area (Å²) in [4.78, 5) is 54.9. The maximum Gasteiger partial charge on any atom is 0.326 e. The lowest BCUT2D eigenvalue weighted by molar-refractivity contribution is -0.143. The summed E-state index contributed by atoms with van der Waals surface area (Å²) in [6.45, 7) is 0.369. The molecule has 0 saturated carbocycles. The Balaban J connectivity index is 2.86. The minimum atomic E-state index is -1.23. The molecule has 0 aromatic rings. The topological polar surface area (TPSA) is 252 Å². The van der Waals surface area contributed by atoms with E-state index >= 15 is 0 Å². The van der Waals surface area contributed by atoms with Crippen molar-refractivity contribution in [1.29, 1.82) is 0 Å². The van der Waals surface area contributed by atoms with Gasteiger partial charge >= 0.3 is 5.97 Å². The third-order valence-electron chi connectivity index (χ3n) is 5.49. The maximum atomic E-state index is 12.9. The molecule has 12 N–H and O–H groups in total. The van der Waals surface area contributed by atoms with Gasteiger partial charge in [0.2, 0.25) is 17.7 Å². The van der Waals surface area contributed by atoms with Crippen molar-refractivity contribution >= 4 is 29.7 Å². The largest absolute Gasteiger partial charge is 0.480 e. The normalized spacial score (nSPS) is 18.0. The molecule has 0 radical (unpaired) electrons. The molecule has 194 valence electrons. The number of aliphatic hydroxyl groups excluding tert-OH is 1. The van der Waals surface area contributed by atoms with Crippen molar-refractivity contribution in [3.63, 3.8) is 0 Å². The first-order chi connectivity index (χ1) is 16.1. The number of nitrogens with two attached hydrogens (primary N) is 4. The molecule has 1 saturated heterocycles. The number of carbonyl (C=O) groups is 4. The highest BCUT2D eigenvalue weighted by Gasteiger charge is 2.37. The first-order valence-corrected chi connectivity index (χ1v) is 11.4. The average molecular weight is 487 g/mol. The molecule has 0 bridgehead atoms. The van der Waals surface area contributed by atoms with Crippen LogP contribution in [0.15, 0.2) is 4.99 Å². The van der Waals surface area contributed by atoms with Gasteiger partial charge in [0, 0.05) is 13.1 Å². The second-order valence-electron chi connectivity index (χ2n) is 8.17. The summed E-state index contributed by atoms with van der Waals surface area (Å²) < 4.78 is 0. The number of amides is 3. The first kappa shape index (κ1) is 29.1. The van der Waals surface area contributed by atoms with Crippen LogP contribution < -0.4 is 33.6 Å². The van der Waals surface area contributed by atoms with Crippen LogP contribution in [0.5, 0.6) is 0 Å². The van der Waals surface area contributed by atoms with E-state index in [1.54, 1.807) is 0 Å². The van der Waals surface area contributed by atoms with E-state index in [-0.39, 0.29) is 25.3 Å². The summed E-state index contributed by atoms with van der Waals surface area (Å²) in [5.41, 5.74) is 21.6. The lowest BCUT2D eigenvalue weighted by Gasteiger charge is -2.28. The van der Waals surface area contributed by atoms with Gasteiger partial charge in [-0.1, -0.05) is 0 Å². The van der Waals surface area contributed by atoms with E-state index in [0.717, 1.165) is 0 Å². The second-order valence-corrected chi connectivity index (χ2v) is 8.17. The molecule has 1 heterocycles. The number of nitrogens with one attached hydrogen (secondary N) is 2. The number of guanidine groups is 1. The summed E-state index contributed by atoms with van der Waals surface area (Å²) in [6.07, 6.45) is 2.75. The zero-order valence-electron chi connectivity index (χ0n) is 19.3. The van der Waals surface area contributed by atoms with Gasteiger partial charge in [-0.25, -0.2) is 4.79 Å². The highest BCUT2D eigenvalue weighted by atomic mass is 16.4. The minimum absolute atomic E-state index is 0.0886. The summed E-state index contributed by atoms with van der Waals surface area (Å²) in [6, 6.07) is -4.16. The number of carbonyl (C=O) groups excluding carboxylic acids is 3. The number of nitrogens with zero attached hydrogens (tertiary/aromatic N) is 2. The van der Waals surface area contributed by atoms with Crippen LogP contribution in [0.1, 0.15) is 44.9 Å². The lowest BCUT2D eigenvalue weighted by atomic mass is 10.1. The number of aliphatic imine (C=N–C) groups is 1. The fourth-order valence-corrected chi connectivity index (χ4v) is 3.66. The zero-order chi connectivity index (χ0) is 25.7. The van der Waals surface area contributed by atoms with Gasteiger partial charge in [0.25, 0.3) is 0 Å². The molecule has 4 atom stereocenters. The fraction of sp³-hybridized carbons (Fsp3) is 0.750. The third-order valence-corrected chi connectivity index (χ3v) is 5.49. The van der Waals surface area contributed by atoms with Gasteiger partial charge in [-0.2, -0.15) is 0 Å². The highest BCUT2D eigenvalue weighted by molar-refractivity contribution is 5.94. The van der Waals surface area contributed by atoms with E-state index in [1.165, 1.54) is 4.90 Å². The summed E-state index contributed by atoms with van der Waals surface area (Å²) in [5.74, 6) is -3.07. The monoisotopic (exact) mass is 486 g/mol. The van der Waals surface area contributed by atoms with Crippen molar-refractivity contribution in [2.45, 2.75) is 69.1 Å². The van der Waals surface area contributed by atoms with Crippen molar-refractivity contribution in [1.82, 2.24) is 15.5 Å². The van der Waals surface area contributed by atoms with E-state index in [0.29, 0.717) is 45.2 Å². The van der Waals surface area contributed by atoms with E-state index in [4.69, 9.17) is 28.0 Å². The van der Waals surface area contributed by atoms with Crippen molar-refractivity contribution in [3.05, 3.63) is 0 Å². The Labute approximate surface area is 198 Å². The van der Waals surface area contributed by atoms with Gasteiger partial charge in [0.05, 0.1) is 6.61 Å². The molecule has 14 heteroatoms. The smallest absolute Gasteiger partial charge is 0.326 e. The fourth-order valence-electron chi connectivity index (χ4n) is 3.66. The molecular formula is C20H38N8O6. The SMILES string of the molecule is NCCCCC(NC(=O)C1CCCN1C(=O)C(N)CO)C(=O)NC(CCCN=C(N)N)C(=O)O. The molecule has 0 aromatic heterocycles. The van der Waals surface area contributed by atoms with Gasteiger partial charge in [0.15, 0.2) is 5.96 Å². The van der Waals surface area contributed by atoms with Crippen LogP contribution in [-0.4, -0.2) is 95.2 Å². The van der Waals surface area contributed by atoms with Gasteiger partial charge in [-0.15, -0.1) is 0 Å². The van der Waals surface area contributed by atoms with Crippen LogP contribution >= 0.6 is 0 Å². The summed E-state index contributed by atoms with van der Waals surface area (Å²) in [5, 5.41) is 23.7. The molecule has 0 aromatic carbocycles. The molecular weight excluding hydrogens is 448 g/mol. The van der Waals surface area contributed by atoms with Gasteiger partial charge < -0.3 is 48.7 Å². The van der Waals surface area contributed by atoms with Crippen molar-refractivity contribution < 1.29 is 29.4 Å². The van der Waals surface area contributed by atoms with Crippen LogP contribution in [0, 0.1) is 0 Å². The predicted octanol–water partition coefficient (Wildman–Crippen LogP) is -3.47. The summed E-state index contributed by atoms with van der Waals surface area (Å²) in [7, 11) is 0. The molecule has 14 nitrogen and oxygen atoms in total. The maximum absolute atomic E-state index is 12.9. The van der Waals surface area contributed by atoms with E-state index in [1.807, 2.05) is 0 Å². The molecule has 1 fully saturated rings. The van der Waals surface area contributed by atoms with Crippen molar-refractivity contribution in [3.8, 4) is 0 Å². The van der Waals surface area contributed by atoms with Gasteiger partial charge in [-0.05, 0) is 51.5 Å². The third kappa shape index (κ3) is 9.49. The number of rotatable bonds is 15. The van der Waals surface area contributed by atoms with E-state index in [9.17, 15) is 24.3 Å². The van der Waals surface area contributed by atoms with Crippen LogP contribution in [0.4, 0.5) is 0 Å². The standard InChI is InChI=1S/C20H38N8O6/c21-8-2-1-5-13(16(30)27-14(19(33)34)6-3-9-25-20(23)24)26-17(31)15-7-4-10-28(15)18(32)12(22)11-29/h12-15,29H,1-11,21-22H2,(H,26,31)(H,27,30)(H,33,34)(H4,23,24,25). The molecule has 1 aliphatic heterocycles. The van der Waals surface area contributed by atoms with Gasteiger partial charge in [0.1, 0.15) is 24.2 Å². The highest BCUT2D eigenvalue weighted by Crippen LogP contribution is 2.19. The molecule has 4 unspecified atom stereocenters. The Bertz CT molecular complexity index is 730. The summed E-state index contributed by atoms with van der Waals surface area (Å²) >= 11 is 0. The Kier molecular flexibility index (Phi) is 12.8. The zero-order valence-corrected chi connectivity index (χ0v) is 19.3. The molecule has 34 heavy (non-hydrogen) atoms. The Hall–Kier alpha value is -2.97. The second kappa shape index (κ2) is 15.0. The van der Waals surface area contributed by atoms with Crippen LogP contribution in [0.3, 0.4) is 0 Å². The molecule has 3 amide bonds. The van der Waals surface area contributed by atoms with Gasteiger partial charge in [-0.3, -0.25) is 19.4 Å². The van der Waals surface area contributed by atoms with E-state index < -0.39 is 54.5 Å². The Morgan fingerprint density at radius 2 is 1.74 bits per heavy atom. The lowest BCUT2D eigenvalue weighted by Crippen LogP contribution is -2.57. The number of aliphatic carboxylic acids is 1. The van der Waals surface area contributed by atoms with E-state index in [2.05, 4.69) is 15.6 Å². The quantitative estimate of drug-likeness (QED) is 0.0644. The number of likely N-dealkylation sites (tertiary alicyclic amines) is 1. The van der Waals surface area contributed by atoms with Crippen LogP contribution in [-0.2, 0) is 19.2 Å². The Morgan fingerprint density at radius 1 is 1.06 bits per heavy atom. The van der Waals surface area contributed by atoms with Crippen LogP contribution in [0.25, 0.3) is 0 Å². The molecule has 0 spiro atoms. The average Bonchev–Trinajstić information content (AvgIpc) is 3.29. The van der Waals surface area contributed by atoms with Crippen LogP contribution in [0.2, 0.25) is 0 Å². The predicted molar refractivity (Wildman–Crippen MR) is 124 cm³/mol. The number of hydrogen-bond acceptors (Lipinski definition) is 8. The number of hydrogen-bond donors (Lipinski definition) is 8.